The highest BCUT2D eigenvalue weighted by molar-refractivity contribution is 5.48. The normalized spacial score (nSPS) is 15.2. The number of anilines is 1. The van der Waals surface area contributed by atoms with Gasteiger partial charge in [0.15, 0.2) is 0 Å². The van der Waals surface area contributed by atoms with E-state index in [9.17, 15) is 4.79 Å². The number of rotatable bonds is 4. The highest BCUT2D eigenvalue weighted by atomic mass is 16.5. The van der Waals surface area contributed by atoms with Gasteiger partial charge in [0, 0.05) is 36.6 Å². The summed E-state index contributed by atoms with van der Waals surface area (Å²) in [6.45, 7) is 8.25. The zero-order valence-corrected chi connectivity index (χ0v) is 16.6. The smallest absolute Gasteiger partial charge is 0.259 e. The van der Waals surface area contributed by atoms with Crippen LogP contribution in [0, 0.1) is 26.7 Å². The molecule has 146 valence electrons. The molecule has 0 aliphatic carbocycles. The Hall–Kier alpha value is -2.96. The Morgan fingerprint density at radius 2 is 1.89 bits per heavy atom. The molecular weight excluding hydrogens is 354 g/mol. The lowest BCUT2D eigenvalue weighted by Crippen LogP contribution is -2.37. The van der Waals surface area contributed by atoms with E-state index in [-0.39, 0.29) is 5.56 Å². The first-order chi connectivity index (χ1) is 13.5. The summed E-state index contributed by atoms with van der Waals surface area (Å²) in [4.78, 5) is 28.0. The van der Waals surface area contributed by atoms with Crippen molar-refractivity contribution in [3.8, 4) is 5.88 Å². The van der Waals surface area contributed by atoms with Crippen molar-refractivity contribution in [3.63, 3.8) is 0 Å². The van der Waals surface area contributed by atoms with E-state index in [1.54, 1.807) is 16.7 Å². The second-order valence-corrected chi connectivity index (χ2v) is 7.41. The second kappa shape index (κ2) is 7.58. The lowest BCUT2D eigenvalue weighted by atomic mass is 9.98. The number of hydrogen-bond acceptors (Lipinski definition) is 6. The topological polar surface area (TPSA) is 72.6 Å². The van der Waals surface area contributed by atoms with Crippen molar-refractivity contribution in [2.45, 2.75) is 33.6 Å². The van der Waals surface area contributed by atoms with Gasteiger partial charge in [-0.3, -0.25) is 9.20 Å². The first kappa shape index (κ1) is 18.4. The Bertz CT molecular complexity index is 1050. The van der Waals surface area contributed by atoms with Crippen molar-refractivity contribution in [2.24, 2.45) is 5.92 Å². The molecule has 3 aromatic heterocycles. The average Bonchev–Trinajstić information content (AvgIpc) is 2.70. The molecule has 1 aliphatic heterocycles. The molecule has 1 saturated heterocycles. The van der Waals surface area contributed by atoms with Crippen molar-refractivity contribution in [1.82, 2.24) is 19.4 Å². The van der Waals surface area contributed by atoms with Crippen molar-refractivity contribution in [3.05, 3.63) is 57.9 Å². The van der Waals surface area contributed by atoms with E-state index in [0.29, 0.717) is 24.1 Å². The molecule has 3 aromatic rings. The molecule has 1 fully saturated rings. The molecule has 0 aromatic carbocycles. The molecular formula is C21H25N5O2. The molecule has 0 spiro atoms. The highest BCUT2D eigenvalue weighted by Crippen LogP contribution is 2.24. The van der Waals surface area contributed by atoms with Crippen LogP contribution in [0.15, 0.2) is 35.3 Å². The van der Waals surface area contributed by atoms with Gasteiger partial charge in [0.05, 0.1) is 6.61 Å². The number of ether oxygens (including phenoxy) is 1. The molecule has 0 bridgehead atoms. The molecule has 4 heterocycles. The molecule has 7 heteroatoms. The van der Waals surface area contributed by atoms with Crippen LogP contribution in [0.3, 0.4) is 0 Å². The maximum Gasteiger partial charge on any atom is 0.259 e. The van der Waals surface area contributed by atoms with Crippen LogP contribution < -0.4 is 15.2 Å². The maximum absolute atomic E-state index is 12.3. The predicted octanol–water partition coefficient (Wildman–Crippen LogP) is 2.71. The minimum absolute atomic E-state index is 0.0453. The fourth-order valence-electron chi connectivity index (χ4n) is 3.61. The molecule has 0 atom stereocenters. The standard InChI is InChI=1S/C21H25N5O2/c1-14-15(2)22-16(3)23-21(14)28-13-17-7-10-25(11-8-17)19-12-20(27)26-9-5-4-6-18(26)24-19/h4-6,9,12,17H,7-8,10-11,13H2,1-3H3. The van der Waals surface area contributed by atoms with Crippen molar-refractivity contribution < 1.29 is 4.74 Å². The van der Waals surface area contributed by atoms with Crippen LogP contribution in [-0.2, 0) is 0 Å². The molecule has 7 nitrogen and oxygen atoms in total. The van der Waals surface area contributed by atoms with Gasteiger partial charge in [-0.05, 0) is 51.7 Å². The van der Waals surface area contributed by atoms with E-state index in [2.05, 4.69) is 19.9 Å². The van der Waals surface area contributed by atoms with E-state index < -0.39 is 0 Å². The van der Waals surface area contributed by atoms with E-state index >= 15 is 0 Å². The molecule has 1 aliphatic rings. The summed E-state index contributed by atoms with van der Waals surface area (Å²) in [5.74, 6) is 2.65. The van der Waals surface area contributed by atoms with Gasteiger partial charge in [-0.2, -0.15) is 4.98 Å². The lowest BCUT2D eigenvalue weighted by Gasteiger charge is -2.32. The lowest BCUT2D eigenvalue weighted by molar-refractivity contribution is 0.214. The first-order valence-electron chi connectivity index (χ1n) is 9.69. The number of aromatic nitrogens is 4. The minimum Gasteiger partial charge on any atom is -0.477 e. The number of nitrogens with zero attached hydrogens (tertiary/aromatic N) is 5. The van der Waals surface area contributed by atoms with Gasteiger partial charge in [0.2, 0.25) is 5.88 Å². The average molecular weight is 379 g/mol. The molecule has 0 amide bonds. The summed E-state index contributed by atoms with van der Waals surface area (Å²) in [7, 11) is 0. The highest BCUT2D eigenvalue weighted by Gasteiger charge is 2.22. The molecule has 0 N–H and O–H groups in total. The monoisotopic (exact) mass is 379 g/mol. The fourth-order valence-corrected chi connectivity index (χ4v) is 3.61. The number of fused-ring (bicyclic) bond motifs is 1. The Morgan fingerprint density at radius 1 is 1.11 bits per heavy atom. The maximum atomic E-state index is 12.3. The second-order valence-electron chi connectivity index (χ2n) is 7.41. The van der Waals surface area contributed by atoms with Gasteiger partial charge >= 0.3 is 0 Å². The van der Waals surface area contributed by atoms with E-state index in [0.717, 1.165) is 48.8 Å². The summed E-state index contributed by atoms with van der Waals surface area (Å²) in [6, 6.07) is 7.22. The van der Waals surface area contributed by atoms with E-state index in [1.165, 1.54) is 0 Å². The first-order valence-corrected chi connectivity index (χ1v) is 9.69. The summed E-state index contributed by atoms with van der Waals surface area (Å²) < 4.78 is 7.58. The van der Waals surface area contributed by atoms with Crippen LogP contribution in [-0.4, -0.2) is 39.0 Å². The number of hydrogen-bond donors (Lipinski definition) is 0. The van der Waals surface area contributed by atoms with E-state index in [1.807, 2.05) is 39.0 Å². The van der Waals surface area contributed by atoms with Crippen LogP contribution in [0.1, 0.15) is 29.9 Å². The summed E-state index contributed by atoms with van der Waals surface area (Å²) in [5.41, 5.74) is 2.60. The molecule has 28 heavy (non-hydrogen) atoms. The van der Waals surface area contributed by atoms with Gasteiger partial charge in [-0.25, -0.2) is 9.97 Å². The van der Waals surface area contributed by atoms with E-state index in [4.69, 9.17) is 4.74 Å². The third-order valence-corrected chi connectivity index (χ3v) is 5.41. The SMILES string of the molecule is Cc1nc(C)c(C)c(OCC2CCN(c3cc(=O)n4ccccc4n3)CC2)n1. The predicted molar refractivity (Wildman–Crippen MR) is 108 cm³/mol. The van der Waals surface area contributed by atoms with Crippen molar-refractivity contribution >= 4 is 11.5 Å². The largest absolute Gasteiger partial charge is 0.477 e. The number of piperidine rings is 1. The number of aryl methyl sites for hydroxylation is 2. The van der Waals surface area contributed by atoms with Crippen molar-refractivity contribution in [1.29, 1.82) is 0 Å². The summed E-state index contributed by atoms with van der Waals surface area (Å²) >= 11 is 0. The van der Waals surface area contributed by atoms with Crippen molar-refractivity contribution in [2.75, 3.05) is 24.6 Å². The third kappa shape index (κ3) is 3.69. The van der Waals surface area contributed by atoms with Crippen LogP contribution in [0.2, 0.25) is 0 Å². The molecule has 0 unspecified atom stereocenters. The Balaban J connectivity index is 1.39. The zero-order chi connectivity index (χ0) is 19.7. The Morgan fingerprint density at radius 3 is 2.68 bits per heavy atom. The fraction of sp³-hybridized carbons (Fsp3) is 0.429. The van der Waals surface area contributed by atoms with Gasteiger partial charge in [0.25, 0.3) is 5.56 Å². The minimum atomic E-state index is -0.0453. The van der Waals surface area contributed by atoms with Crippen LogP contribution >= 0.6 is 0 Å². The molecule has 4 rings (SSSR count). The summed E-state index contributed by atoms with van der Waals surface area (Å²) in [6.07, 6.45) is 3.74. The van der Waals surface area contributed by atoms with Gasteiger partial charge in [0.1, 0.15) is 17.3 Å². The third-order valence-electron chi connectivity index (χ3n) is 5.41. The molecule has 0 saturated carbocycles. The van der Waals surface area contributed by atoms with Crippen LogP contribution in [0.25, 0.3) is 5.65 Å². The van der Waals surface area contributed by atoms with Gasteiger partial charge in [-0.1, -0.05) is 6.07 Å². The zero-order valence-electron chi connectivity index (χ0n) is 16.6. The Kier molecular flexibility index (Phi) is 4.98. The van der Waals surface area contributed by atoms with Crippen LogP contribution in [0.5, 0.6) is 5.88 Å². The summed E-state index contributed by atoms with van der Waals surface area (Å²) in [5, 5.41) is 0. The quantitative estimate of drug-likeness (QED) is 0.694. The number of pyridine rings is 1. The molecule has 0 radical (unpaired) electrons. The van der Waals surface area contributed by atoms with Crippen LogP contribution in [0.4, 0.5) is 5.82 Å². The van der Waals surface area contributed by atoms with Gasteiger partial charge < -0.3 is 9.64 Å². The van der Waals surface area contributed by atoms with Gasteiger partial charge in [-0.15, -0.1) is 0 Å². The Labute approximate surface area is 164 Å².